The Kier molecular flexibility index (Phi) is 8.24. The van der Waals surface area contributed by atoms with Gasteiger partial charge in [-0.15, -0.1) is 0 Å². The lowest BCUT2D eigenvalue weighted by molar-refractivity contribution is -0.161. The van der Waals surface area contributed by atoms with Crippen molar-refractivity contribution in [2.24, 2.45) is 11.3 Å². The molecule has 0 aromatic heterocycles. The average Bonchev–Trinajstić information content (AvgIpc) is 3.67. The monoisotopic (exact) mass is 566 g/mol. The molecule has 7 nitrogen and oxygen atoms in total. The summed E-state index contributed by atoms with van der Waals surface area (Å²) in [6.07, 6.45) is 1.71. The lowest BCUT2D eigenvalue weighted by Gasteiger charge is -2.52. The zero-order chi connectivity index (χ0) is 27.0. The number of hydrogen-bond acceptors (Lipinski definition) is 4. The van der Waals surface area contributed by atoms with Gasteiger partial charge in [-0.1, -0.05) is 54.4 Å². The number of halogens is 2. The molecule has 2 N–H and O–H groups in total. The largest absolute Gasteiger partial charge is 0.481 e. The molecule has 10 heteroatoms. The first-order valence-corrected chi connectivity index (χ1v) is 14.9. The number of sulfonamides is 1. The van der Waals surface area contributed by atoms with Crippen molar-refractivity contribution in [2.45, 2.75) is 57.5 Å². The van der Waals surface area contributed by atoms with Crippen molar-refractivity contribution < 1.29 is 23.1 Å². The molecule has 1 aliphatic heterocycles. The number of aliphatic carboxylic acids is 1. The molecule has 1 amide bonds. The van der Waals surface area contributed by atoms with Crippen LogP contribution in [0.3, 0.4) is 0 Å². The van der Waals surface area contributed by atoms with Gasteiger partial charge >= 0.3 is 5.97 Å². The van der Waals surface area contributed by atoms with Crippen LogP contribution in [0.25, 0.3) is 0 Å². The van der Waals surface area contributed by atoms with E-state index >= 15 is 0 Å². The van der Waals surface area contributed by atoms with E-state index in [0.29, 0.717) is 16.5 Å². The molecule has 2 aromatic rings. The summed E-state index contributed by atoms with van der Waals surface area (Å²) in [6.45, 7) is 3.34. The number of nitrogens with zero attached hydrogens (tertiary/aromatic N) is 1. The van der Waals surface area contributed by atoms with Crippen molar-refractivity contribution >= 4 is 45.1 Å². The minimum atomic E-state index is -3.50. The van der Waals surface area contributed by atoms with Crippen LogP contribution in [0.4, 0.5) is 0 Å². The van der Waals surface area contributed by atoms with E-state index in [-0.39, 0.29) is 36.5 Å². The maximum atomic E-state index is 14.3. The molecular formula is C27H32Cl2N2O5S. The summed E-state index contributed by atoms with van der Waals surface area (Å²) in [4.78, 5) is 28.0. The molecule has 1 heterocycles. The minimum absolute atomic E-state index is 0.0686. The molecule has 1 saturated heterocycles. The van der Waals surface area contributed by atoms with E-state index in [1.807, 2.05) is 30.3 Å². The first-order chi connectivity index (χ1) is 17.4. The SMILES string of the molecule is CCS(=O)(=O)NC[C@H](C1CC1)N1C(=O)[C@@](C)(CC(=O)O)CC(c2cccc(Cl)c2)[C@H]1c1ccc(Cl)cc1. The number of amides is 1. The van der Waals surface area contributed by atoms with Crippen molar-refractivity contribution in [1.82, 2.24) is 9.62 Å². The maximum absolute atomic E-state index is 14.3. The predicted molar refractivity (Wildman–Crippen MR) is 144 cm³/mol. The normalized spacial score (nSPS) is 25.2. The van der Waals surface area contributed by atoms with E-state index < -0.39 is 33.5 Å². The van der Waals surface area contributed by atoms with Gasteiger partial charge in [-0.25, -0.2) is 13.1 Å². The van der Waals surface area contributed by atoms with Crippen molar-refractivity contribution in [3.05, 3.63) is 69.7 Å². The summed E-state index contributed by atoms with van der Waals surface area (Å²) in [5.74, 6) is -1.56. The van der Waals surface area contributed by atoms with Crippen LogP contribution in [0.15, 0.2) is 48.5 Å². The molecule has 0 bridgehead atoms. The lowest BCUT2D eigenvalue weighted by atomic mass is 9.67. The van der Waals surface area contributed by atoms with Crippen LogP contribution in [0.5, 0.6) is 0 Å². The van der Waals surface area contributed by atoms with Crippen molar-refractivity contribution in [3.8, 4) is 0 Å². The predicted octanol–water partition coefficient (Wildman–Crippen LogP) is 5.25. The standard InChI is InChI=1S/C27H32Cl2N2O5S/c1-3-37(35,36)30-16-23(17-7-8-17)31-25(18-9-11-20(28)12-10-18)22(19-5-4-6-21(29)13-19)14-27(2,26(31)34)15-24(32)33/h4-6,9-13,17,22-23,25,30H,3,7-8,14-16H2,1-2H3,(H,32,33)/t22?,23-,25-,27-/m1/s1. The quantitative estimate of drug-likeness (QED) is 0.408. The fourth-order valence-corrected chi connectivity index (χ4v) is 6.49. The van der Waals surface area contributed by atoms with E-state index in [9.17, 15) is 23.1 Å². The first kappa shape index (κ1) is 27.9. The molecule has 4 rings (SSSR count). The number of benzene rings is 2. The molecule has 2 fully saturated rings. The zero-order valence-electron chi connectivity index (χ0n) is 20.9. The summed E-state index contributed by atoms with van der Waals surface area (Å²) in [5.41, 5.74) is 0.563. The van der Waals surface area contributed by atoms with Gasteiger partial charge in [0.1, 0.15) is 0 Å². The van der Waals surface area contributed by atoms with Crippen LogP contribution in [0.2, 0.25) is 10.0 Å². The van der Waals surface area contributed by atoms with Crippen LogP contribution in [0, 0.1) is 11.3 Å². The minimum Gasteiger partial charge on any atom is -0.481 e. The van der Waals surface area contributed by atoms with Gasteiger partial charge in [0.05, 0.1) is 23.6 Å². The fraction of sp³-hybridized carbons (Fsp3) is 0.481. The summed E-state index contributed by atoms with van der Waals surface area (Å²) < 4.78 is 27.4. The summed E-state index contributed by atoms with van der Waals surface area (Å²) in [5, 5.41) is 10.9. The second-order valence-corrected chi connectivity index (χ2v) is 13.3. The van der Waals surface area contributed by atoms with E-state index in [2.05, 4.69) is 4.72 Å². The second-order valence-electron chi connectivity index (χ2n) is 10.4. The third-order valence-electron chi connectivity index (χ3n) is 7.55. The number of piperidine rings is 1. The molecule has 1 saturated carbocycles. The van der Waals surface area contributed by atoms with Crippen LogP contribution >= 0.6 is 23.2 Å². The molecule has 4 atom stereocenters. The Morgan fingerprint density at radius 3 is 2.38 bits per heavy atom. The van der Waals surface area contributed by atoms with Gasteiger partial charge in [0.15, 0.2) is 0 Å². The third kappa shape index (κ3) is 6.30. The molecule has 1 aliphatic carbocycles. The number of nitrogens with one attached hydrogen (secondary N) is 1. The first-order valence-electron chi connectivity index (χ1n) is 12.5. The Labute approximate surface area is 228 Å². The van der Waals surface area contributed by atoms with Crippen LogP contribution in [-0.4, -0.2) is 48.6 Å². The molecule has 37 heavy (non-hydrogen) atoms. The van der Waals surface area contributed by atoms with Crippen molar-refractivity contribution in [1.29, 1.82) is 0 Å². The number of carboxylic acids is 1. The second kappa shape index (κ2) is 10.9. The average molecular weight is 568 g/mol. The fourth-order valence-electron chi connectivity index (χ4n) is 5.53. The van der Waals surface area contributed by atoms with Crippen LogP contribution in [-0.2, 0) is 19.6 Å². The molecule has 200 valence electrons. The van der Waals surface area contributed by atoms with Crippen molar-refractivity contribution in [2.75, 3.05) is 12.3 Å². The number of carboxylic acid groups (broad SMARTS) is 1. The number of carbonyl (C=O) groups excluding carboxylic acids is 1. The van der Waals surface area contributed by atoms with E-state index in [1.54, 1.807) is 36.9 Å². The Morgan fingerprint density at radius 1 is 1.14 bits per heavy atom. The summed E-state index contributed by atoms with van der Waals surface area (Å²) in [6, 6.07) is 13.8. The van der Waals surface area contributed by atoms with E-state index in [1.165, 1.54) is 0 Å². The summed E-state index contributed by atoms with van der Waals surface area (Å²) in [7, 11) is -3.50. The smallest absolute Gasteiger partial charge is 0.304 e. The molecule has 2 aliphatic rings. The Bertz CT molecular complexity index is 1270. The molecule has 0 spiro atoms. The highest BCUT2D eigenvalue weighted by Gasteiger charge is 2.54. The lowest BCUT2D eigenvalue weighted by Crippen LogP contribution is -2.59. The Balaban J connectivity index is 1.88. The number of rotatable bonds is 10. The van der Waals surface area contributed by atoms with Gasteiger partial charge in [-0.3, -0.25) is 9.59 Å². The maximum Gasteiger partial charge on any atom is 0.304 e. The molecule has 1 unspecified atom stereocenters. The zero-order valence-corrected chi connectivity index (χ0v) is 23.2. The molecule has 0 radical (unpaired) electrons. The van der Waals surface area contributed by atoms with Gasteiger partial charge in [0, 0.05) is 28.5 Å². The van der Waals surface area contributed by atoms with Gasteiger partial charge in [-0.05, 0) is 67.5 Å². The van der Waals surface area contributed by atoms with E-state index in [0.717, 1.165) is 24.0 Å². The topological polar surface area (TPSA) is 104 Å². The van der Waals surface area contributed by atoms with Gasteiger partial charge in [0.25, 0.3) is 0 Å². The number of hydrogen-bond donors (Lipinski definition) is 2. The van der Waals surface area contributed by atoms with Crippen molar-refractivity contribution in [3.63, 3.8) is 0 Å². The van der Waals surface area contributed by atoms with Gasteiger partial charge < -0.3 is 10.0 Å². The van der Waals surface area contributed by atoms with Crippen LogP contribution in [0.1, 0.15) is 62.6 Å². The van der Waals surface area contributed by atoms with E-state index in [4.69, 9.17) is 23.2 Å². The highest BCUT2D eigenvalue weighted by Crippen LogP contribution is 2.53. The molecule has 2 aromatic carbocycles. The Morgan fingerprint density at radius 2 is 1.81 bits per heavy atom. The van der Waals surface area contributed by atoms with Gasteiger partial charge in [-0.2, -0.15) is 0 Å². The van der Waals surface area contributed by atoms with Gasteiger partial charge in [0.2, 0.25) is 15.9 Å². The third-order valence-corrected chi connectivity index (χ3v) is 9.40. The molecular weight excluding hydrogens is 535 g/mol. The summed E-state index contributed by atoms with van der Waals surface area (Å²) >= 11 is 12.6. The Hall–Kier alpha value is -2.13. The highest BCUT2D eigenvalue weighted by atomic mass is 35.5. The number of likely N-dealkylation sites (tertiary alicyclic amines) is 1. The number of carbonyl (C=O) groups is 2. The highest BCUT2D eigenvalue weighted by molar-refractivity contribution is 7.89. The van der Waals surface area contributed by atoms with Crippen LogP contribution < -0.4 is 4.72 Å².